The molecule has 6 nitrogen and oxygen atoms in total. The fourth-order valence-electron chi connectivity index (χ4n) is 2.63. The molecule has 0 bridgehead atoms. The Hall–Kier alpha value is -3.15. The molecule has 1 aliphatic heterocycles. The van der Waals surface area contributed by atoms with E-state index in [1.807, 2.05) is 0 Å². The first-order chi connectivity index (χ1) is 11.0. The third kappa shape index (κ3) is 2.34. The summed E-state index contributed by atoms with van der Waals surface area (Å²) >= 11 is 0. The van der Waals surface area contributed by atoms with Gasteiger partial charge in [-0.1, -0.05) is 24.3 Å². The number of imide groups is 1. The first-order valence-corrected chi connectivity index (χ1v) is 6.88. The van der Waals surface area contributed by atoms with Crippen molar-refractivity contribution in [1.29, 1.82) is 0 Å². The van der Waals surface area contributed by atoms with Crippen molar-refractivity contribution in [2.24, 2.45) is 0 Å². The van der Waals surface area contributed by atoms with Gasteiger partial charge in [-0.25, -0.2) is 4.79 Å². The number of carboxylic acid groups (broad SMARTS) is 1. The highest BCUT2D eigenvalue weighted by molar-refractivity contribution is 6.22. The Labute approximate surface area is 131 Å². The molecule has 6 heteroatoms. The molecule has 23 heavy (non-hydrogen) atoms. The number of carbonyl (C=O) groups is 3. The number of amides is 2. The van der Waals surface area contributed by atoms with Crippen LogP contribution in [0.4, 0.5) is 0 Å². The number of carboxylic acids is 1. The number of fused-ring (bicyclic) bond motifs is 1. The van der Waals surface area contributed by atoms with Gasteiger partial charge in [0, 0.05) is 0 Å². The number of carbonyl (C=O) groups excluding carboxylic acids is 2. The number of hydrogen-bond acceptors (Lipinski definition) is 4. The van der Waals surface area contributed by atoms with Crippen molar-refractivity contribution >= 4 is 17.8 Å². The Morgan fingerprint density at radius 3 is 1.96 bits per heavy atom. The quantitative estimate of drug-likeness (QED) is 0.874. The highest BCUT2D eigenvalue weighted by Gasteiger charge is 2.43. The Balaban J connectivity index is 2.04. The second-order valence-electron chi connectivity index (χ2n) is 5.04. The van der Waals surface area contributed by atoms with Gasteiger partial charge in [0.1, 0.15) is 5.75 Å². The van der Waals surface area contributed by atoms with Crippen LogP contribution in [0.3, 0.4) is 0 Å². The van der Waals surface area contributed by atoms with Gasteiger partial charge in [-0.2, -0.15) is 0 Å². The number of nitrogens with zero attached hydrogens (tertiary/aromatic N) is 1. The summed E-state index contributed by atoms with van der Waals surface area (Å²) in [6, 6.07) is 11.2. The SMILES string of the molecule is COc1ccc(C(C(=O)O)N2C(=O)c3ccccc3C2=O)cc1. The van der Waals surface area contributed by atoms with Crippen molar-refractivity contribution in [1.82, 2.24) is 4.90 Å². The van der Waals surface area contributed by atoms with Crippen molar-refractivity contribution in [3.63, 3.8) is 0 Å². The summed E-state index contributed by atoms with van der Waals surface area (Å²) in [4.78, 5) is 37.4. The van der Waals surface area contributed by atoms with E-state index in [1.165, 1.54) is 31.4 Å². The van der Waals surface area contributed by atoms with E-state index in [-0.39, 0.29) is 11.1 Å². The molecule has 0 radical (unpaired) electrons. The standard InChI is InChI=1S/C17H13NO5/c1-23-11-8-6-10(7-9-11)14(17(21)22)18-15(19)12-4-2-3-5-13(12)16(18)20/h2-9,14H,1H3,(H,21,22). The van der Waals surface area contributed by atoms with E-state index >= 15 is 0 Å². The summed E-state index contributed by atoms with van der Waals surface area (Å²) in [5.41, 5.74) is 0.766. The Morgan fingerprint density at radius 1 is 1.00 bits per heavy atom. The van der Waals surface area contributed by atoms with Gasteiger partial charge in [-0.05, 0) is 29.8 Å². The maximum atomic E-state index is 12.5. The molecule has 0 fully saturated rings. The van der Waals surface area contributed by atoms with Gasteiger partial charge < -0.3 is 9.84 Å². The highest BCUT2D eigenvalue weighted by atomic mass is 16.5. The van der Waals surface area contributed by atoms with Gasteiger partial charge in [-0.3, -0.25) is 14.5 Å². The monoisotopic (exact) mass is 311 g/mol. The maximum absolute atomic E-state index is 12.5. The molecule has 1 unspecified atom stereocenters. The van der Waals surface area contributed by atoms with Crippen LogP contribution in [0.2, 0.25) is 0 Å². The molecule has 2 aromatic rings. The van der Waals surface area contributed by atoms with Crippen LogP contribution in [0.15, 0.2) is 48.5 Å². The first-order valence-electron chi connectivity index (χ1n) is 6.88. The highest BCUT2D eigenvalue weighted by Crippen LogP contribution is 2.32. The summed E-state index contributed by atoms with van der Waals surface area (Å²) in [7, 11) is 1.49. The van der Waals surface area contributed by atoms with Gasteiger partial charge in [0.05, 0.1) is 18.2 Å². The van der Waals surface area contributed by atoms with E-state index < -0.39 is 23.8 Å². The lowest BCUT2D eigenvalue weighted by molar-refractivity contribution is -0.141. The Bertz CT molecular complexity index is 762. The third-order valence-corrected chi connectivity index (χ3v) is 3.75. The number of hydrogen-bond donors (Lipinski definition) is 1. The molecule has 0 spiro atoms. The van der Waals surface area contributed by atoms with E-state index in [2.05, 4.69) is 0 Å². The zero-order valence-corrected chi connectivity index (χ0v) is 12.2. The Kier molecular flexibility index (Phi) is 3.57. The van der Waals surface area contributed by atoms with Crippen molar-refractivity contribution < 1.29 is 24.2 Å². The predicted octanol–water partition coefficient (Wildman–Crippen LogP) is 2.12. The fourth-order valence-corrected chi connectivity index (χ4v) is 2.63. The van der Waals surface area contributed by atoms with Gasteiger partial charge >= 0.3 is 5.97 Å². The number of aliphatic carboxylic acids is 1. The lowest BCUT2D eigenvalue weighted by atomic mass is 10.1. The minimum absolute atomic E-state index is 0.220. The molecule has 2 amide bonds. The first kappa shape index (κ1) is 14.8. The van der Waals surface area contributed by atoms with E-state index in [0.29, 0.717) is 11.3 Å². The largest absolute Gasteiger partial charge is 0.497 e. The van der Waals surface area contributed by atoms with E-state index in [4.69, 9.17) is 4.74 Å². The van der Waals surface area contributed by atoms with Crippen LogP contribution in [-0.4, -0.2) is 34.9 Å². The van der Waals surface area contributed by atoms with E-state index in [1.54, 1.807) is 24.3 Å². The molecule has 0 saturated heterocycles. The molecule has 0 saturated carbocycles. The van der Waals surface area contributed by atoms with Crippen molar-refractivity contribution in [2.75, 3.05) is 7.11 Å². The molecule has 1 heterocycles. The lowest BCUT2D eigenvalue weighted by Gasteiger charge is -2.23. The molecular weight excluding hydrogens is 298 g/mol. The van der Waals surface area contributed by atoms with Gasteiger partial charge in [0.25, 0.3) is 11.8 Å². The van der Waals surface area contributed by atoms with Crippen LogP contribution in [-0.2, 0) is 4.79 Å². The average Bonchev–Trinajstić information content (AvgIpc) is 2.81. The van der Waals surface area contributed by atoms with E-state index in [0.717, 1.165) is 4.90 Å². The van der Waals surface area contributed by atoms with Gasteiger partial charge in [-0.15, -0.1) is 0 Å². The lowest BCUT2D eigenvalue weighted by Crippen LogP contribution is -2.38. The minimum Gasteiger partial charge on any atom is -0.497 e. The predicted molar refractivity (Wildman–Crippen MR) is 80.3 cm³/mol. The van der Waals surface area contributed by atoms with Gasteiger partial charge in [0.2, 0.25) is 0 Å². The van der Waals surface area contributed by atoms with Crippen molar-refractivity contribution in [3.8, 4) is 5.75 Å². The third-order valence-electron chi connectivity index (χ3n) is 3.75. The summed E-state index contributed by atoms with van der Waals surface area (Å²) in [5.74, 6) is -1.92. The van der Waals surface area contributed by atoms with Crippen LogP contribution in [0.25, 0.3) is 0 Å². The fraction of sp³-hybridized carbons (Fsp3) is 0.118. The topological polar surface area (TPSA) is 83.9 Å². The van der Waals surface area contributed by atoms with Crippen LogP contribution in [0.1, 0.15) is 32.3 Å². The smallest absolute Gasteiger partial charge is 0.331 e. The summed E-state index contributed by atoms with van der Waals surface area (Å²) in [6.45, 7) is 0. The zero-order valence-electron chi connectivity index (χ0n) is 12.2. The molecule has 2 aromatic carbocycles. The maximum Gasteiger partial charge on any atom is 0.331 e. The van der Waals surface area contributed by atoms with Crippen molar-refractivity contribution in [2.45, 2.75) is 6.04 Å². The molecule has 1 N–H and O–H groups in total. The summed E-state index contributed by atoms with van der Waals surface area (Å²) in [5, 5.41) is 9.55. The van der Waals surface area contributed by atoms with Crippen LogP contribution >= 0.6 is 0 Å². The molecule has 116 valence electrons. The number of rotatable bonds is 4. The number of methoxy groups -OCH3 is 1. The van der Waals surface area contributed by atoms with Crippen LogP contribution in [0.5, 0.6) is 5.75 Å². The summed E-state index contributed by atoms with van der Waals surface area (Å²) < 4.78 is 5.03. The molecule has 0 aliphatic carbocycles. The molecule has 0 aromatic heterocycles. The minimum atomic E-state index is -1.38. The van der Waals surface area contributed by atoms with Crippen molar-refractivity contribution in [3.05, 3.63) is 65.2 Å². The van der Waals surface area contributed by atoms with Crippen LogP contribution < -0.4 is 4.74 Å². The van der Waals surface area contributed by atoms with E-state index in [9.17, 15) is 19.5 Å². The number of ether oxygens (including phenoxy) is 1. The van der Waals surface area contributed by atoms with Crippen LogP contribution in [0, 0.1) is 0 Å². The number of benzene rings is 2. The second-order valence-corrected chi connectivity index (χ2v) is 5.04. The zero-order chi connectivity index (χ0) is 16.6. The average molecular weight is 311 g/mol. The molecule has 3 rings (SSSR count). The van der Waals surface area contributed by atoms with Gasteiger partial charge in [0.15, 0.2) is 6.04 Å². The second kappa shape index (κ2) is 5.57. The molecular formula is C17H13NO5. The normalized spacial score (nSPS) is 14.6. The summed E-state index contributed by atoms with van der Waals surface area (Å²) in [6.07, 6.45) is 0. The molecule has 1 aliphatic rings. The molecule has 1 atom stereocenters. The Morgan fingerprint density at radius 2 is 1.52 bits per heavy atom.